The van der Waals surface area contributed by atoms with E-state index in [1.54, 1.807) is 11.8 Å². The van der Waals surface area contributed by atoms with Crippen molar-refractivity contribution in [2.45, 2.75) is 37.8 Å². The molecule has 1 aliphatic rings. The smallest absolute Gasteiger partial charge is 0.230 e. The molecule has 3 nitrogen and oxygen atoms in total. The van der Waals surface area contributed by atoms with Gasteiger partial charge in [-0.3, -0.25) is 4.79 Å². The Morgan fingerprint density at radius 1 is 1.54 bits per heavy atom. The number of nitrogens with one attached hydrogen (secondary N) is 1. The lowest BCUT2D eigenvalue weighted by Crippen LogP contribution is -2.49. The van der Waals surface area contributed by atoms with Crippen LogP contribution in [-0.2, 0) is 4.79 Å². The van der Waals surface area contributed by atoms with Crippen molar-refractivity contribution in [2.75, 3.05) is 12.0 Å². The minimum absolute atomic E-state index is 0.120. The van der Waals surface area contributed by atoms with Crippen LogP contribution in [0.2, 0.25) is 0 Å². The first-order chi connectivity index (χ1) is 6.24. The number of hydrogen-bond donors (Lipinski definition) is 2. The van der Waals surface area contributed by atoms with Gasteiger partial charge in [0.1, 0.15) is 0 Å². The van der Waals surface area contributed by atoms with Gasteiger partial charge in [0, 0.05) is 12.1 Å². The molecule has 1 fully saturated rings. The highest BCUT2D eigenvalue weighted by Crippen LogP contribution is 2.16. The van der Waals surface area contributed by atoms with E-state index in [9.17, 15) is 4.79 Å². The molecule has 1 saturated carbocycles. The number of hydrogen-bond acceptors (Lipinski definition) is 3. The van der Waals surface area contributed by atoms with Crippen LogP contribution in [0, 0.1) is 0 Å². The fourth-order valence-electron chi connectivity index (χ4n) is 1.72. The van der Waals surface area contributed by atoms with Gasteiger partial charge in [0.25, 0.3) is 0 Å². The number of nitrogens with two attached hydrogens (primary N) is 1. The first-order valence-corrected chi connectivity index (χ1v) is 6.17. The fraction of sp³-hybridized carbons (Fsp3) is 0.889. The minimum Gasteiger partial charge on any atom is -0.351 e. The molecule has 0 aromatic rings. The zero-order chi connectivity index (χ0) is 9.68. The molecule has 0 aromatic heterocycles. The third kappa shape index (κ3) is 3.56. The molecule has 1 rings (SSSR count). The van der Waals surface area contributed by atoms with Gasteiger partial charge in [0.15, 0.2) is 0 Å². The summed E-state index contributed by atoms with van der Waals surface area (Å²) >= 11 is 1.55. The SMILES string of the molecule is CSCC(=O)N[C@@H]1CCCC[C@H]1N. The lowest BCUT2D eigenvalue weighted by Gasteiger charge is -2.29. The second-order valence-electron chi connectivity index (χ2n) is 3.56. The second kappa shape index (κ2) is 5.50. The highest BCUT2D eigenvalue weighted by Gasteiger charge is 2.22. The molecule has 0 aliphatic heterocycles. The van der Waals surface area contributed by atoms with Gasteiger partial charge in [-0.25, -0.2) is 0 Å². The van der Waals surface area contributed by atoms with Gasteiger partial charge in [-0.1, -0.05) is 12.8 Å². The Hall–Kier alpha value is -0.220. The Bertz CT molecular complexity index is 175. The Morgan fingerprint density at radius 3 is 2.85 bits per heavy atom. The van der Waals surface area contributed by atoms with Gasteiger partial charge in [-0.05, 0) is 19.1 Å². The molecule has 4 heteroatoms. The molecular formula is C9H18N2OS. The molecule has 0 unspecified atom stereocenters. The number of carbonyl (C=O) groups excluding carboxylic acids is 1. The number of rotatable bonds is 3. The van der Waals surface area contributed by atoms with Crippen molar-refractivity contribution in [1.29, 1.82) is 0 Å². The van der Waals surface area contributed by atoms with Crippen LogP contribution in [0.5, 0.6) is 0 Å². The van der Waals surface area contributed by atoms with Crippen LogP contribution in [0.3, 0.4) is 0 Å². The van der Waals surface area contributed by atoms with Crippen LogP contribution in [-0.4, -0.2) is 30.0 Å². The highest BCUT2D eigenvalue weighted by molar-refractivity contribution is 7.99. The average molecular weight is 202 g/mol. The molecule has 2 atom stereocenters. The zero-order valence-corrected chi connectivity index (χ0v) is 8.90. The molecule has 0 saturated heterocycles. The first-order valence-electron chi connectivity index (χ1n) is 4.78. The van der Waals surface area contributed by atoms with Gasteiger partial charge < -0.3 is 11.1 Å². The summed E-state index contributed by atoms with van der Waals surface area (Å²) in [6.07, 6.45) is 6.42. The maximum Gasteiger partial charge on any atom is 0.230 e. The van der Waals surface area contributed by atoms with E-state index in [0.29, 0.717) is 5.75 Å². The lowest BCUT2D eigenvalue weighted by molar-refractivity contribution is -0.119. The maximum absolute atomic E-state index is 11.3. The largest absolute Gasteiger partial charge is 0.351 e. The number of carbonyl (C=O) groups is 1. The molecule has 0 aromatic carbocycles. The van der Waals surface area contributed by atoms with Gasteiger partial charge in [0.05, 0.1) is 5.75 Å². The molecule has 1 aliphatic carbocycles. The van der Waals surface area contributed by atoms with Gasteiger partial charge >= 0.3 is 0 Å². The van der Waals surface area contributed by atoms with Gasteiger partial charge in [-0.2, -0.15) is 11.8 Å². The summed E-state index contributed by atoms with van der Waals surface area (Å²) in [5.74, 6) is 0.665. The normalized spacial score (nSPS) is 28.5. The van der Waals surface area contributed by atoms with Crippen molar-refractivity contribution in [3.8, 4) is 0 Å². The third-order valence-electron chi connectivity index (χ3n) is 2.44. The first kappa shape index (κ1) is 10.9. The molecule has 0 heterocycles. The molecule has 0 spiro atoms. The summed E-state index contributed by atoms with van der Waals surface area (Å²) in [4.78, 5) is 11.3. The van der Waals surface area contributed by atoms with E-state index in [0.717, 1.165) is 12.8 Å². The summed E-state index contributed by atoms with van der Waals surface area (Å²) in [7, 11) is 0. The quantitative estimate of drug-likeness (QED) is 0.709. The van der Waals surface area contributed by atoms with Crippen molar-refractivity contribution in [3.63, 3.8) is 0 Å². The summed E-state index contributed by atoms with van der Waals surface area (Å²) < 4.78 is 0. The predicted molar refractivity (Wildman–Crippen MR) is 56.8 cm³/mol. The van der Waals surface area contributed by atoms with E-state index < -0.39 is 0 Å². The third-order valence-corrected chi connectivity index (χ3v) is 2.99. The van der Waals surface area contributed by atoms with Crippen LogP contribution >= 0.6 is 11.8 Å². The van der Waals surface area contributed by atoms with Crippen molar-refractivity contribution < 1.29 is 4.79 Å². The van der Waals surface area contributed by atoms with Crippen LogP contribution in [0.1, 0.15) is 25.7 Å². The zero-order valence-electron chi connectivity index (χ0n) is 8.08. The number of amides is 1. The van der Waals surface area contributed by atoms with Crippen molar-refractivity contribution in [3.05, 3.63) is 0 Å². The van der Waals surface area contributed by atoms with Gasteiger partial charge in [-0.15, -0.1) is 0 Å². The van der Waals surface area contributed by atoms with Crippen LogP contribution < -0.4 is 11.1 Å². The second-order valence-corrected chi connectivity index (χ2v) is 4.42. The van der Waals surface area contributed by atoms with Crippen molar-refractivity contribution in [2.24, 2.45) is 5.73 Å². The summed E-state index contributed by atoms with van der Waals surface area (Å²) in [6.45, 7) is 0. The van der Waals surface area contributed by atoms with Crippen LogP contribution in [0.4, 0.5) is 0 Å². The molecule has 0 bridgehead atoms. The molecular weight excluding hydrogens is 184 g/mol. The Kier molecular flexibility index (Phi) is 4.59. The number of thioether (sulfide) groups is 1. The summed E-state index contributed by atoms with van der Waals surface area (Å²) in [5.41, 5.74) is 5.90. The van der Waals surface area contributed by atoms with Crippen LogP contribution in [0.25, 0.3) is 0 Å². The molecule has 13 heavy (non-hydrogen) atoms. The maximum atomic E-state index is 11.3. The van der Waals surface area contributed by atoms with Crippen LogP contribution in [0.15, 0.2) is 0 Å². The van der Waals surface area contributed by atoms with Gasteiger partial charge in [0.2, 0.25) is 5.91 Å². The highest BCUT2D eigenvalue weighted by atomic mass is 32.2. The van der Waals surface area contributed by atoms with E-state index >= 15 is 0 Å². The topological polar surface area (TPSA) is 55.1 Å². The standard InChI is InChI=1S/C9H18N2OS/c1-13-6-9(12)11-8-5-3-2-4-7(8)10/h7-8H,2-6,10H2,1H3,(H,11,12)/t7-,8-/m1/s1. The Labute approximate surface area is 83.8 Å². The van der Waals surface area contributed by atoms with E-state index in [1.165, 1.54) is 12.8 Å². The molecule has 1 amide bonds. The fourth-order valence-corrected chi connectivity index (χ4v) is 2.06. The summed E-state index contributed by atoms with van der Waals surface area (Å²) in [6, 6.07) is 0.382. The Balaban J connectivity index is 2.29. The van der Waals surface area contributed by atoms with Crippen molar-refractivity contribution in [1.82, 2.24) is 5.32 Å². The summed E-state index contributed by atoms with van der Waals surface area (Å²) in [5, 5.41) is 2.98. The predicted octanol–water partition coefficient (Wildman–Crippen LogP) is 0.735. The molecule has 3 N–H and O–H groups in total. The molecule has 76 valence electrons. The minimum atomic E-state index is 0.120. The van der Waals surface area contributed by atoms with E-state index in [4.69, 9.17) is 5.73 Å². The lowest BCUT2D eigenvalue weighted by atomic mass is 9.91. The van der Waals surface area contributed by atoms with E-state index in [2.05, 4.69) is 5.32 Å². The monoisotopic (exact) mass is 202 g/mol. The van der Waals surface area contributed by atoms with Crippen molar-refractivity contribution >= 4 is 17.7 Å². The van der Waals surface area contributed by atoms with E-state index in [1.807, 2.05) is 6.26 Å². The average Bonchev–Trinajstić information content (AvgIpc) is 2.09. The molecule has 0 radical (unpaired) electrons. The Morgan fingerprint density at radius 2 is 2.23 bits per heavy atom. The van der Waals surface area contributed by atoms with E-state index in [-0.39, 0.29) is 18.0 Å².